The maximum Gasteiger partial charge on any atom is 0.242 e. The van der Waals surface area contributed by atoms with Crippen LogP contribution < -0.4 is 10.6 Å². The lowest BCUT2D eigenvalue weighted by molar-refractivity contribution is -0.140. The first-order valence-electron chi connectivity index (χ1n) is 13.1. The second-order valence-electron chi connectivity index (χ2n) is 9.57. The van der Waals surface area contributed by atoms with Crippen molar-refractivity contribution in [2.45, 2.75) is 109 Å². The van der Waals surface area contributed by atoms with Crippen molar-refractivity contribution in [1.29, 1.82) is 0 Å². The number of hydrogen-bond acceptors (Lipinski definition) is 3. The smallest absolute Gasteiger partial charge is 0.242 e. The molecular formula is C27H44ClN3O2. The standard InChI is InChI=1S/C27H43N3O2.ClH/c1-2-3-4-5-6-7-8-9-10-13-18-28-26(31)25-17-14-19-30(25)27(32)24-20-22-15-11-12-16-23(22)21-29-24;/h11-12,15-16,24-25,29H,2-10,13-14,17-21H2,1H3,(H,28,31);1H. The van der Waals surface area contributed by atoms with Crippen LogP contribution >= 0.6 is 12.4 Å². The van der Waals surface area contributed by atoms with Gasteiger partial charge in [0.15, 0.2) is 0 Å². The molecule has 6 heteroatoms. The Balaban J connectivity index is 0.00000385. The molecule has 2 unspecified atom stereocenters. The van der Waals surface area contributed by atoms with Gasteiger partial charge in [-0.3, -0.25) is 9.59 Å². The lowest BCUT2D eigenvalue weighted by Gasteiger charge is -2.31. The molecule has 33 heavy (non-hydrogen) atoms. The van der Waals surface area contributed by atoms with Crippen molar-refractivity contribution in [1.82, 2.24) is 15.5 Å². The monoisotopic (exact) mass is 477 g/mol. The number of benzene rings is 1. The molecule has 3 rings (SSSR count). The number of nitrogens with one attached hydrogen (secondary N) is 2. The SMILES string of the molecule is CCCCCCCCCCCCNC(=O)C1CCCN1C(=O)C1Cc2ccccc2CN1.Cl. The van der Waals surface area contributed by atoms with Crippen molar-refractivity contribution in [3.05, 3.63) is 35.4 Å². The van der Waals surface area contributed by atoms with Crippen molar-refractivity contribution in [3.8, 4) is 0 Å². The van der Waals surface area contributed by atoms with Crippen LogP contribution in [0.25, 0.3) is 0 Å². The highest BCUT2D eigenvalue weighted by Crippen LogP contribution is 2.22. The first kappa shape index (κ1) is 27.7. The summed E-state index contributed by atoms with van der Waals surface area (Å²) in [6.45, 7) is 4.39. The fraction of sp³-hybridized carbons (Fsp3) is 0.704. The van der Waals surface area contributed by atoms with Crippen LogP contribution in [0.3, 0.4) is 0 Å². The zero-order valence-electron chi connectivity index (χ0n) is 20.4. The van der Waals surface area contributed by atoms with Crippen molar-refractivity contribution >= 4 is 24.2 Å². The Morgan fingerprint density at radius 2 is 1.61 bits per heavy atom. The molecule has 0 saturated carbocycles. The molecule has 1 aromatic rings. The summed E-state index contributed by atoms with van der Waals surface area (Å²) in [7, 11) is 0. The zero-order chi connectivity index (χ0) is 22.6. The Hall–Kier alpha value is -1.59. The van der Waals surface area contributed by atoms with Crippen LogP contribution in [0.4, 0.5) is 0 Å². The van der Waals surface area contributed by atoms with Gasteiger partial charge in [0.05, 0.1) is 6.04 Å². The highest BCUT2D eigenvalue weighted by molar-refractivity contribution is 5.90. The van der Waals surface area contributed by atoms with Crippen molar-refractivity contribution in [2.24, 2.45) is 0 Å². The van der Waals surface area contributed by atoms with Gasteiger partial charge >= 0.3 is 0 Å². The van der Waals surface area contributed by atoms with E-state index in [0.717, 1.165) is 32.4 Å². The number of carbonyl (C=O) groups is 2. The van der Waals surface area contributed by atoms with Gasteiger partial charge in [0.1, 0.15) is 6.04 Å². The van der Waals surface area contributed by atoms with Gasteiger partial charge in [0.2, 0.25) is 11.8 Å². The second kappa shape index (κ2) is 15.3. The fourth-order valence-electron chi connectivity index (χ4n) is 5.07. The number of likely N-dealkylation sites (tertiary alicyclic amines) is 1. The second-order valence-corrected chi connectivity index (χ2v) is 9.57. The third-order valence-corrected chi connectivity index (χ3v) is 7.05. The topological polar surface area (TPSA) is 61.4 Å². The van der Waals surface area contributed by atoms with E-state index in [0.29, 0.717) is 13.0 Å². The average molecular weight is 478 g/mol. The quantitative estimate of drug-likeness (QED) is 0.386. The Morgan fingerprint density at radius 1 is 0.970 bits per heavy atom. The molecule has 2 N–H and O–H groups in total. The molecule has 5 nitrogen and oxygen atoms in total. The molecule has 0 spiro atoms. The first-order chi connectivity index (χ1) is 15.7. The van der Waals surface area contributed by atoms with Gasteiger partial charge in [-0.2, -0.15) is 0 Å². The normalized spacial score (nSPS) is 19.6. The largest absolute Gasteiger partial charge is 0.354 e. The molecule has 0 aliphatic carbocycles. The van der Waals surface area contributed by atoms with Crippen LogP contribution in [0.5, 0.6) is 0 Å². The lowest BCUT2D eigenvalue weighted by atomic mass is 9.95. The third-order valence-electron chi connectivity index (χ3n) is 7.05. The lowest BCUT2D eigenvalue weighted by Crippen LogP contribution is -2.54. The van der Waals surface area contributed by atoms with Gasteiger partial charge in [-0.1, -0.05) is 89.0 Å². The number of fused-ring (bicyclic) bond motifs is 1. The number of carbonyl (C=O) groups excluding carboxylic acids is 2. The number of hydrogen-bond donors (Lipinski definition) is 2. The summed E-state index contributed by atoms with van der Waals surface area (Å²) in [4.78, 5) is 27.8. The summed E-state index contributed by atoms with van der Waals surface area (Å²) in [6.07, 6.45) is 15.3. The Morgan fingerprint density at radius 3 is 2.30 bits per heavy atom. The van der Waals surface area contributed by atoms with Crippen molar-refractivity contribution in [2.75, 3.05) is 13.1 Å². The van der Waals surface area contributed by atoms with E-state index >= 15 is 0 Å². The van der Waals surface area contributed by atoms with Crippen LogP contribution in [0.15, 0.2) is 24.3 Å². The van der Waals surface area contributed by atoms with E-state index < -0.39 is 0 Å². The van der Waals surface area contributed by atoms with Gasteiger partial charge in [0, 0.05) is 19.6 Å². The van der Waals surface area contributed by atoms with Gasteiger partial charge in [-0.25, -0.2) is 0 Å². The number of amides is 2. The molecule has 1 aromatic carbocycles. The summed E-state index contributed by atoms with van der Waals surface area (Å²) >= 11 is 0. The predicted octanol–water partition coefficient (Wildman–Crippen LogP) is 5.15. The number of halogens is 1. The highest BCUT2D eigenvalue weighted by atomic mass is 35.5. The van der Waals surface area contributed by atoms with Gasteiger partial charge in [-0.05, 0) is 36.8 Å². The van der Waals surface area contributed by atoms with Crippen molar-refractivity contribution in [3.63, 3.8) is 0 Å². The molecule has 0 radical (unpaired) electrons. The summed E-state index contributed by atoms with van der Waals surface area (Å²) in [5.41, 5.74) is 2.51. The molecule has 1 fully saturated rings. The Bertz CT molecular complexity index is 727. The maximum atomic E-state index is 13.2. The van der Waals surface area contributed by atoms with Crippen LogP contribution in [0, 0.1) is 0 Å². The number of rotatable bonds is 13. The Labute approximate surface area is 206 Å². The fourth-order valence-corrected chi connectivity index (χ4v) is 5.07. The van der Waals surface area contributed by atoms with Crippen LogP contribution in [0.1, 0.15) is 95.1 Å². The van der Waals surface area contributed by atoms with E-state index in [-0.39, 0.29) is 36.3 Å². The van der Waals surface area contributed by atoms with Crippen LogP contribution in [-0.2, 0) is 22.6 Å². The van der Waals surface area contributed by atoms with E-state index in [2.05, 4.69) is 29.7 Å². The van der Waals surface area contributed by atoms with E-state index in [9.17, 15) is 9.59 Å². The van der Waals surface area contributed by atoms with Gasteiger partial charge in [-0.15, -0.1) is 12.4 Å². The molecular weight excluding hydrogens is 434 g/mol. The summed E-state index contributed by atoms with van der Waals surface area (Å²) in [5, 5.41) is 6.48. The Kier molecular flexibility index (Phi) is 12.9. The van der Waals surface area contributed by atoms with E-state index in [1.165, 1.54) is 68.9 Å². The van der Waals surface area contributed by atoms with Gasteiger partial charge < -0.3 is 15.5 Å². The molecule has 2 aliphatic rings. The molecule has 2 atom stereocenters. The average Bonchev–Trinajstić information content (AvgIpc) is 3.32. The minimum Gasteiger partial charge on any atom is -0.354 e. The third kappa shape index (κ3) is 8.60. The summed E-state index contributed by atoms with van der Waals surface area (Å²) in [6, 6.07) is 7.77. The predicted molar refractivity (Wildman–Crippen MR) is 138 cm³/mol. The molecule has 0 aromatic heterocycles. The van der Waals surface area contributed by atoms with Crippen molar-refractivity contribution < 1.29 is 9.59 Å². The molecule has 1 saturated heterocycles. The summed E-state index contributed by atoms with van der Waals surface area (Å²) in [5.74, 6) is 0.110. The minimum atomic E-state index is -0.301. The summed E-state index contributed by atoms with van der Waals surface area (Å²) < 4.78 is 0. The minimum absolute atomic E-state index is 0. The maximum absolute atomic E-state index is 13.2. The molecule has 2 heterocycles. The number of nitrogens with zero attached hydrogens (tertiary/aromatic N) is 1. The van der Waals surface area contributed by atoms with Crippen LogP contribution in [-0.4, -0.2) is 41.9 Å². The van der Waals surface area contributed by atoms with E-state index in [1.54, 1.807) is 0 Å². The van der Waals surface area contributed by atoms with E-state index in [4.69, 9.17) is 0 Å². The van der Waals surface area contributed by atoms with Gasteiger partial charge in [0.25, 0.3) is 0 Å². The number of unbranched alkanes of at least 4 members (excludes halogenated alkanes) is 9. The first-order valence-corrected chi connectivity index (χ1v) is 13.1. The molecule has 2 aliphatic heterocycles. The van der Waals surface area contributed by atoms with E-state index in [1.807, 2.05) is 17.0 Å². The molecule has 186 valence electrons. The van der Waals surface area contributed by atoms with Crippen LogP contribution in [0.2, 0.25) is 0 Å². The highest BCUT2D eigenvalue weighted by Gasteiger charge is 2.37. The zero-order valence-corrected chi connectivity index (χ0v) is 21.3. The molecule has 2 amide bonds. The molecule has 0 bridgehead atoms.